The van der Waals surface area contributed by atoms with E-state index in [1.807, 2.05) is 23.9 Å². The first kappa shape index (κ1) is 14.4. The highest BCUT2D eigenvalue weighted by atomic mass is 32.2. The SMILES string of the molecule is O=C(O)c1ccc(CNCCN2CCSCC2)cc1. The Morgan fingerprint density at radius 1 is 1.26 bits per heavy atom. The molecule has 0 amide bonds. The van der Waals surface area contributed by atoms with Crippen LogP contribution >= 0.6 is 11.8 Å². The molecule has 2 N–H and O–H groups in total. The van der Waals surface area contributed by atoms with Gasteiger partial charge in [-0.15, -0.1) is 0 Å². The van der Waals surface area contributed by atoms with Crippen molar-refractivity contribution in [2.24, 2.45) is 0 Å². The van der Waals surface area contributed by atoms with E-state index in [4.69, 9.17) is 5.11 Å². The Balaban J connectivity index is 1.66. The summed E-state index contributed by atoms with van der Waals surface area (Å²) in [6.07, 6.45) is 0. The number of carboxylic acid groups (broad SMARTS) is 1. The summed E-state index contributed by atoms with van der Waals surface area (Å²) < 4.78 is 0. The molecule has 0 bridgehead atoms. The normalized spacial score (nSPS) is 16.4. The minimum atomic E-state index is -0.873. The van der Waals surface area contributed by atoms with E-state index in [1.54, 1.807) is 12.1 Å². The van der Waals surface area contributed by atoms with Gasteiger partial charge in [0.1, 0.15) is 0 Å². The van der Waals surface area contributed by atoms with Gasteiger partial charge in [0.05, 0.1) is 5.56 Å². The lowest BCUT2D eigenvalue weighted by molar-refractivity contribution is 0.0697. The molecule has 0 atom stereocenters. The van der Waals surface area contributed by atoms with Gasteiger partial charge in [-0.05, 0) is 17.7 Å². The minimum Gasteiger partial charge on any atom is -0.478 e. The van der Waals surface area contributed by atoms with Crippen LogP contribution in [0, 0.1) is 0 Å². The molecule has 19 heavy (non-hydrogen) atoms. The summed E-state index contributed by atoms with van der Waals surface area (Å²) in [5.41, 5.74) is 1.47. The second-order valence-electron chi connectivity index (χ2n) is 4.63. The van der Waals surface area contributed by atoms with Gasteiger partial charge in [0.2, 0.25) is 0 Å². The highest BCUT2D eigenvalue weighted by Gasteiger charge is 2.09. The monoisotopic (exact) mass is 280 g/mol. The summed E-state index contributed by atoms with van der Waals surface area (Å²) in [6, 6.07) is 7.05. The molecule has 1 aromatic rings. The summed E-state index contributed by atoms with van der Waals surface area (Å²) in [5.74, 6) is 1.62. The smallest absolute Gasteiger partial charge is 0.335 e. The molecule has 1 fully saturated rings. The third-order valence-electron chi connectivity index (χ3n) is 3.24. The van der Waals surface area contributed by atoms with Gasteiger partial charge in [0.15, 0.2) is 0 Å². The molecule has 1 aromatic carbocycles. The predicted octanol–water partition coefficient (Wildman–Crippen LogP) is 1.52. The second kappa shape index (κ2) is 7.53. The number of carbonyl (C=O) groups is 1. The van der Waals surface area contributed by atoms with Crippen molar-refractivity contribution in [3.63, 3.8) is 0 Å². The number of nitrogens with zero attached hydrogens (tertiary/aromatic N) is 1. The zero-order valence-electron chi connectivity index (χ0n) is 11.0. The average Bonchev–Trinajstić information content (AvgIpc) is 2.45. The van der Waals surface area contributed by atoms with E-state index in [0.29, 0.717) is 5.56 Å². The molecule has 4 nitrogen and oxygen atoms in total. The molecule has 0 spiro atoms. The van der Waals surface area contributed by atoms with Crippen molar-refractivity contribution in [1.82, 2.24) is 10.2 Å². The molecule has 2 rings (SSSR count). The van der Waals surface area contributed by atoms with E-state index in [2.05, 4.69) is 10.2 Å². The fourth-order valence-corrected chi connectivity index (χ4v) is 3.04. The van der Waals surface area contributed by atoms with E-state index in [-0.39, 0.29) is 0 Å². The molecule has 0 radical (unpaired) electrons. The molecule has 0 aliphatic carbocycles. The van der Waals surface area contributed by atoms with Crippen LogP contribution < -0.4 is 5.32 Å². The summed E-state index contributed by atoms with van der Waals surface area (Å²) in [6.45, 7) is 5.25. The van der Waals surface area contributed by atoms with Crippen LogP contribution in [0.1, 0.15) is 15.9 Å². The number of carboxylic acids is 1. The number of hydrogen-bond donors (Lipinski definition) is 2. The van der Waals surface area contributed by atoms with Gasteiger partial charge in [-0.25, -0.2) is 4.79 Å². The summed E-state index contributed by atoms with van der Waals surface area (Å²) in [4.78, 5) is 13.2. The molecular formula is C14H20N2O2S. The summed E-state index contributed by atoms with van der Waals surface area (Å²) >= 11 is 2.03. The first-order valence-electron chi connectivity index (χ1n) is 6.59. The Bertz CT molecular complexity index is 402. The Kier molecular flexibility index (Phi) is 5.69. The van der Waals surface area contributed by atoms with Gasteiger partial charge in [-0.2, -0.15) is 11.8 Å². The molecule has 0 saturated carbocycles. The van der Waals surface area contributed by atoms with Crippen molar-refractivity contribution < 1.29 is 9.90 Å². The predicted molar refractivity (Wildman–Crippen MR) is 78.9 cm³/mol. The number of rotatable bonds is 6. The van der Waals surface area contributed by atoms with Gasteiger partial charge >= 0.3 is 5.97 Å². The maximum absolute atomic E-state index is 10.7. The van der Waals surface area contributed by atoms with Crippen LogP contribution in [0.25, 0.3) is 0 Å². The average molecular weight is 280 g/mol. The van der Waals surface area contributed by atoms with Crippen molar-refractivity contribution in [2.45, 2.75) is 6.54 Å². The van der Waals surface area contributed by atoms with Crippen molar-refractivity contribution in [1.29, 1.82) is 0 Å². The van der Waals surface area contributed by atoms with E-state index >= 15 is 0 Å². The van der Waals surface area contributed by atoms with Crippen LogP contribution in [-0.4, -0.2) is 53.7 Å². The lowest BCUT2D eigenvalue weighted by atomic mass is 10.1. The number of benzene rings is 1. The van der Waals surface area contributed by atoms with Crippen molar-refractivity contribution >= 4 is 17.7 Å². The molecule has 104 valence electrons. The number of aromatic carboxylic acids is 1. The van der Waals surface area contributed by atoms with E-state index in [1.165, 1.54) is 24.6 Å². The molecule has 1 heterocycles. The lowest BCUT2D eigenvalue weighted by Crippen LogP contribution is -2.37. The fourth-order valence-electron chi connectivity index (χ4n) is 2.06. The Hall–Kier alpha value is -1.04. The number of hydrogen-bond acceptors (Lipinski definition) is 4. The Labute approximate surface area is 118 Å². The second-order valence-corrected chi connectivity index (χ2v) is 5.86. The largest absolute Gasteiger partial charge is 0.478 e. The standard InChI is InChI=1S/C14H20N2O2S/c17-14(18)13-3-1-12(2-4-13)11-15-5-6-16-7-9-19-10-8-16/h1-4,15H,5-11H2,(H,17,18). The fraction of sp³-hybridized carbons (Fsp3) is 0.500. The lowest BCUT2D eigenvalue weighted by Gasteiger charge is -2.26. The van der Waals surface area contributed by atoms with Gasteiger partial charge in [-0.1, -0.05) is 12.1 Å². The van der Waals surface area contributed by atoms with Crippen LogP contribution in [0.2, 0.25) is 0 Å². The van der Waals surface area contributed by atoms with Crippen LogP contribution in [0.5, 0.6) is 0 Å². The maximum atomic E-state index is 10.7. The topological polar surface area (TPSA) is 52.6 Å². The number of nitrogens with one attached hydrogen (secondary N) is 1. The van der Waals surface area contributed by atoms with E-state index < -0.39 is 5.97 Å². The Morgan fingerprint density at radius 3 is 2.58 bits per heavy atom. The number of thioether (sulfide) groups is 1. The van der Waals surface area contributed by atoms with Crippen LogP contribution in [0.15, 0.2) is 24.3 Å². The quantitative estimate of drug-likeness (QED) is 0.774. The van der Waals surface area contributed by atoms with Gasteiger partial charge in [-0.3, -0.25) is 0 Å². The summed E-state index contributed by atoms with van der Waals surface area (Å²) in [7, 11) is 0. The molecule has 1 aliphatic rings. The van der Waals surface area contributed by atoms with Gasteiger partial charge in [0.25, 0.3) is 0 Å². The van der Waals surface area contributed by atoms with Crippen molar-refractivity contribution in [3.05, 3.63) is 35.4 Å². The van der Waals surface area contributed by atoms with E-state index in [0.717, 1.165) is 25.2 Å². The summed E-state index contributed by atoms with van der Waals surface area (Å²) in [5, 5.41) is 12.2. The maximum Gasteiger partial charge on any atom is 0.335 e. The Morgan fingerprint density at radius 2 is 1.95 bits per heavy atom. The first-order valence-corrected chi connectivity index (χ1v) is 7.74. The molecule has 0 unspecified atom stereocenters. The zero-order valence-corrected chi connectivity index (χ0v) is 11.8. The van der Waals surface area contributed by atoms with Gasteiger partial charge in [0, 0.05) is 44.2 Å². The third kappa shape index (κ3) is 4.86. The molecule has 5 heteroatoms. The van der Waals surface area contributed by atoms with Crippen molar-refractivity contribution in [2.75, 3.05) is 37.7 Å². The third-order valence-corrected chi connectivity index (χ3v) is 4.18. The van der Waals surface area contributed by atoms with Gasteiger partial charge < -0.3 is 15.3 Å². The van der Waals surface area contributed by atoms with Crippen molar-refractivity contribution in [3.8, 4) is 0 Å². The first-order chi connectivity index (χ1) is 9.25. The highest BCUT2D eigenvalue weighted by molar-refractivity contribution is 7.99. The molecule has 1 saturated heterocycles. The molecular weight excluding hydrogens is 260 g/mol. The van der Waals surface area contributed by atoms with Crippen LogP contribution in [0.3, 0.4) is 0 Å². The highest BCUT2D eigenvalue weighted by Crippen LogP contribution is 2.08. The molecule has 0 aromatic heterocycles. The zero-order chi connectivity index (χ0) is 13.5. The van der Waals surface area contributed by atoms with Crippen LogP contribution in [0.4, 0.5) is 0 Å². The van der Waals surface area contributed by atoms with Crippen LogP contribution in [-0.2, 0) is 6.54 Å². The minimum absolute atomic E-state index is 0.342. The van der Waals surface area contributed by atoms with E-state index in [9.17, 15) is 4.79 Å². The molecule has 1 aliphatic heterocycles.